The number of rotatable bonds is 4. The topological polar surface area (TPSA) is 124 Å². The Balaban J connectivity index is 1.80. The monoisotopic (exact) mass is 390 g/mol. The lowest BCUT2D eigenvalue weighted by Crippen LogP contribution is -2.09. The van der Waals surface area contributed by atoms with Gasteiger partial charge in [0, 0.05) is 33.5 Å². The van der Waals surface area contributed by atoms with Crippen molar-refractivity contribution in [3.8, 4) is 12.1 Å². The van der Waals surface area contributed by atoms with E-state index in [-0.39, 0.29) is 11.4 Å². The molecule has 0 amide bonds. The van der Waals surface area contributed by atoms with Crippen molar-refractivity contribution in [2.24, 2.45) is 0 Å². The maximum atomic E-state index is 9.76. The van der Waals surface area contributed by atoms with Crippen LogP contribution in [0.1, 0.15) is 0 Å². The summed E-state index contributed by atoms with van der Waals surface area (Å²) in [6.45, 7) is 0. The van der Waals surface area contributed by atoms with Crippen LogP contribution in [0.15, 0.2) is 84.2 Å². The van der Waals surface area contributed by atoms with Crippen molar-refractivity contribution in [3.63, 3.8) is 0 Å². The Bertz CT molecular complexity index is 1270. The van der Waals surface area contributed by atoms with Crippen molar-refractivity contribution >= 4 is 44.3 Å². The van der Waals surface area contributed by atoms with E-state index in [0.29, 0.717) is 22.7 Å². The molecule has 0 unspecified atom stereocenters. The Labute approximate surface area is 173 Å². The van der Waals surface area contributed by atoms with Crippen LogP contribution in [0.4, 0.5) is 22.7 Å². The highest BCUT2D eigenvalue weighted by Crippen LogP contribution is 2.32. The van der Waals surface area contributed by atoms with Crippen molar-refractivity contribution in [2.75, 3.05) is 22.1 Å². The molecule has 0 atom stereocenters. The van der Waals surface area contributed by atoms with Crippen LogP contribution in [0.2, 0.25) is 0 Å². The SMILES string of the molecule is N#C/C(Nc1cccc2cccc(N)c12)=C(/C#N)Nc1cccc2cccc(N)c12. The molecule has 0 aliphatic carbocycles. The molecule has 0 aliphatic rings. The highest BCUT2D eigenvalue weighted by molar-refractivity contribution is 6.04. The first-order valence-electron chi connectivity index (χ1n) is 9.25. The van der Waals surface area contributed by atoms with Crippen molar-refractivity contribution < 1.29 is 0 Å². The minimum Gasteiger partial charge on any atom is -0.398 e. The summed E-state index contributed by atoms with van der Waals surface area (Å²) in [6.07, 6.45) is 0. The Hall–Kier alpha value is -4.68. The van der Waals surface area contributed by atoms with Crippen LogP contribution in [0, 0.1) is 22.7 Å². The molecule has 0 fully saturated rings. The molecule has 6 heteroatoms. The standard InChI is InChI=1S/C24H18N6/c25-13-21(29-19-11-3-7-15-5-1-9-17(27)23(15)19)22(14-26)30-20-12-4-8-16-6-2-10-18(28)24(16)20/h1-12,29-30H,27-28H2/b22-21+. The largest absolute Gasteiger partial charge is 0.398 e. The molecule has 0 saturated carbocycles. The second-order valence-electron chi connectivity index (χ2n) is 6.73. The quantitative estimate of drug-likeness (QED) is 0.289. The predicted molar refractivity (Wildman–Crippen MR) is 122 cm³/mol. The van der Waals surface area contributed by atoms with Crippen LogP contribution >= 0.6 is 0 Å². The first kappa shape index (κ1) is 18.7. The summed E-state index contributed by atoms with van der Waals surface area (Å²) < 4.78 is 0. The molecule has 6 nitrogen and oxygen atoms in total. The van der Waals surface area contributed by atoms with Gasteiger partial charge in [-0.15, -0.1) is 0 Å². The average Bonchev–Trinajstić information content (AvgIpc) is 2.76. The molecule has 4 aromatic carbocycles. The van der Waals surface area contributed by atoms with E-state index in [4.69, 9.17) is 11.5 Å². The number of nitriles is 2. The van der Waals surface area contributed by atoms with E-state index in [2.05, 4.69) is 22.8 Å². The molecular weight excluding hydrogens is 372 g/mol. The molecule has 0 aliphatic heterocycles. The first-order chi connectivity index (χ1) is 14.6. The number of fused-ring (bicyclic) bond motifs is 2. The summed E-state index contributed by atoms with van der Waals surface area (Å²) in [5, 5.41) is 29.1. The van der Waals surface area contributed by atoms with Crippen LogP contribution in [0.3, 0.4) is 0 Å². The van der Waals surface area contributed by atoms with E-state index in [0.717, 1.165) is 21.5 Å². The molecule has 0 radical (unpaired) electrons. The number of benzene rings is 4. The third-order valence-electron chi connectivity index (χ3n) is 4.87. The van der Waals surface area contributed by atoms with Crippen molar-refractivity contribution in [3.05, 3.63) is 84.2 Å². The summed E-state index contributed by atoms with van der Waals surface area (Å²) in [5.41, 5.74) is 14.9. The predicted octanol–water partition coefficient (Wildman–Crippen LogP) is 4.94. The van der Waals surface area contributed by atoms with Crippen LogP contribution in [-0.2, 0) is 0 Å². The number of nitrogen functional groups attached to an aromatic ring is 2. The van der Waals surface area contributed by atoms with Crippen molar-refractivity contribution in [1.29, 1.82) is 10.5 Å². The van der Waals surface area contributed by atoms with E-state index in [1.165, 1.54) is 0 Å². The maximum absolute atomic E-state index is 9.76. The summed E-state index contributed by atoms with van der Waals surface area (Å²) in [4.78, 5) is 0. The van der Waals surface area contributed by atoms with Crippen LogP contribution < -0.4 is 22.1 Å². The highest BCUT2D eigenvalue weighted by atomic mass is 15.0. The minimum absolute atomic E-state index is 0.0831. The lowest BCUT2D eigenvalue weighted by Gasteiger charge is -2.14. The number of anilines is 4. The van der Waals surface area contributed by atoms with Crippen molar-refractivity contribution in [1.82, 2.24) is 0 Å². The normalized spacial score (nSPS) is 11.4. The van der Waals surface area contributed by atoms with Crippen LogP contribution in [-0.4, -0.2) is 0 Å². The van der Waals surface area contributed by atoms with Crippen LogP contribution in [0.5, 0.6) is 0 Å². The van der Waals surface area contributed by atoms with Gasteiger partial charge in [0.05, 0.1) is 0 Å². The van der Waals surface area contributed by atoms with Gasteiger partial charge in [0.1, 0.15) is 12.1 Å². The zero-order chi connectivity index (χ0) is 21.1. The third-order valence-corrected chi connectivity index (χ3v) is 4.87. The highest BCUT2D eigenvalue weighted by Gasteiger charge is 2.13. The zero-order valence-electron chi connectivity index (χ0n) is 16.0. The Morgan fingerprint density at radius 2 is 0.967 bits per heavy atom. The molecule has 0 heterocycles. The fraction of sp³-hybridized carbons (Fsp3) is 0. The maximum Gasteiger partial charge on any atom is 0.152 e. The zero-order valence-corrected chi connectivity index (χ0v) is 16.0. The van der Waals surface area contributed by atoms with Gasteiger partial charge in [0.25, 0.3) is 0 Å². The Kier molecular flexibility index (Phi) is 4.82. The third kappa shape index (κ3) is 3.30. The molecule has 0 aromatic heterocycles. The molecule has 4 aromatic rings. The second-order valence-corrected chi connectivity index (χ2v) is 6.73. The molecule has 6 N–H and O–H groups in total. The smallest absolute Gasteiger partial charge is 0.152 e. The first-order valence-corrected chi connectivity index (χ1v) is 9.25. The van der Waals surface area contributed by atoms with Crippen LogP contribution in [0.25, 0.3) is 21.5 Å². The number of nitrogens with zero attached hydrogens (tertiary/aromatic N) is 2. The van der Waals surface area contributed by atoms with E-state index in [1.54, 1.807) is 12.1 Å². The summed E-state index contributed by atoms with van der Waals surface area (Å²) in [5.74, 6) is 0. The van der Waals surface area contributed by atoms with Gasteiger partial charge in [-0.05, 0) is 35.0 Å². The van der Waals surface area contributed by atoms with Gasteiger partial charge in [-0.2, -0.15) is 10.5 Å². The minimum atomic E-state index is 0.0831. The number of allylic oxidation sites excluding steroid dienone is 2. The molecule has 30 heavy (non-hydrogen) atoms. The lowest BCUT2D eigenvalue weighted by molar-refractivity contribution is 1.34. The number of nitrogens with one attached hydrogen (secondary N) is 2. The van der Waals surface area contributed by atoms with Gasteiger partial charge in [0.2, 0.25) is 0 Å². The van der Waals surface area contributed by atoms with Gasteiger partial charge in [-0.25, -0.2) is 0 Å². The second kappa shape index (κ2) is 7.75. The molecule has 0 saturated heterocycles. The summed E-state index contributed by atoms with van der Waals surface area (Å²) >= 11 is 0. The van der Waals surface area contributed by atoms with E-state index in [1.807, 2.05) is 60.7 Å². The number of nitrogens with two attached hydrogens (primary N) is 2. The molecule has 144 valence electrons. The fourth-order valence-electron chi connectivity index (χ4n) is 3.51. The lowest BCUT2D eigenvalue weighted by atomic mass is 10.1. The Morgan fingerprint density at radius 1 is 0.600 bits per heavy atom. The number of hydrogen-bond donors (Lipinski definition) is 4. The summed E-state index contributed by atoms with van der Waals surface area (Å²) in [6, 6.07) is 26.6. The van der Waals surface area contributed by atoms with Gasteiger partial charge in [-0.1, -0.05) is 48.5 Å². The van der Waals surface area contributed by atoms with Gasteiger partial charge >= 0.3 is 0 Å². The molecule has 0 spiro atoms. The van der Waals surface area contributed by atoms with Gasteiger partial charge in [0.15, 0.2) is 11.4 Å². The summed E-state index contributed by atoms with van der Waals surface area (Å²) in [7, 11) is 0. The fourth-order valence-corrected chi connectivity index (χ4v) is 3.51. The van der Waals surface area contributed by atoms with E-state index >= 15 is 0 Å². The van der Waals surface area contributed by atoms with E-state index < -0.39 is 0 Å². The van der Waals surface area contributed by atoms with Crippen molar-refractivity contribution in [2.45, 2.75) is 0 Å². The molecule has 4 rings (SSSR count). The number of hydrogen-bond acceptors (Lipinski definition) is 6. The molecule has 0 bridgehead atoms. The average molecular weight is 390 g/mol. The van der Waals surface area contributed by atoms with E-state index in [9.17, 15) is 10.5 Å². The van der Waals surface area contributed by atoms with Gasteiger partial charge in [-0.3, -0.25) is 0 Å². The molecular formula is C24H18N6. The van der Waals surface area contributed by atoms with Gasteiger partial charge < -0.3 is 22.1 Å². The Morgan fingerprint density at radius 3 is 1.33 bits per heavy atom.